The summed E-state index contributed by atoms with van der Waals surface area (Å²) in [6, 6.07) is 4.74. The summed E-state index contributed by atoms with van der Waals surface area (Å²) in [4.78, 5) is 0. The van der Waals surface area contributed by atoms with E-state index in [1.807, 2.05) is 7.05 Å². The second-order valence-electron chi connectivity index (χ2n) is 5.05. The topological polar surface area (TPSA) is 21.3 Å². The van der Waals surface area contributed by atoms with Gasteiger partial charge in [-0.25, -0.2) is 0 Å². The number of rotatable bonds is 4. The number of hydrogen-bond acceptors (Lipinski definition) is 2. The predicted octanol–water partition coefficient (Wildman–Crippen LogP) is 3.69. The van der Waals surface area contributed by atoms with Crippen LogP contribution < -0.4 is 10.1 Å². The van der Waals surface area contributed by atoms with Crippen molar-refractivity contribution in [3.05, 3.63) is 27.7 Å². The van der Waals surface area contributed by atoms with Gasteiger partial charge in [0.05, 0.1) is 6.61 Å². The molecule has 1 unspecified atom stereocenters. The van der Waals surface area contributed by atoms with Gasteiger partial charge in [0.2, 0.25) is 0 Å². The van der Waals surface area contributed by atoms with E-state index in [4.69, 9.17) is 4.74 Å². The van der Waals surface area contributed by atoms with E-state index in [9.17, 15) is 0 Å². The van der Waals surface area contributed by atoms with Gasteiger partial charge in [-0.1, -0.05) is 29.8 Å². The van der Waals surface area contributed by atoms with Crippen molar-refractivity contribution in [3.63, 3.8) is 0 Å². The van der Waals surface area contributed by atoms with Crippen molar-refractivity contribution in [2.24, 2.45) is 5.92 Å². The van der Waals surface area contributed by atoms with E-state index in [1.54, 1.807) is 0 Å². The van der Waals surface area contributed by atoms with Gasteiger partial charge in [-0.15, -0.1) is 0 Å². The number of fused-ring (bicyclic) bond motifs is 1. The average molecular weight is 298 g/mol. The van der Waals surface area contributed by atoms with Crippen molar-refractivity contribution < 1.29 is 4.74 Å². The molecule has 1 atom stereocenters. The Kier molecular flexibility index (Phi) is 4.10. The van der Waals surface area contributed by atoms with E-state index in [2.05, 4.69) is 47.2 Å². The maximum Gasteiger partial charge on any atom is 0.127 e. The summed E-state index contributed by atoms with van der Waals surface area (Å²) in [5.41, 5.74) is 2.63. The highest BCUT2D eigenvalue weighted by atomic mass is 79.9. The van der Waals surface area contributed by atoms with E-state index in [0.717, 1.165) is 29.7 Å². The Labute approximate surface area is 112 Å². The third-order valence-corrected chi connectivity index (χ3v) is 3.67. The highest BCUT2D eigenvalue weighted by molar-refractivity contribution is 9.10. The number of nitrogens with one attached hydrogen (secondary N) is 1. The molecule has 94 valence electrons. The standard InChI is InChI=1S/C14H20BrNO/c1-9(2)6-13(16-3)12-8-11(15)7-10-4-5-17-14(10)12/h7-9,13,16H,4-6H2,1-3H3. The lowest BCUT2D eigenvalue weighted by Gasteiger charge is -2.21. The normalized spacial score (nSPS) is 15.8. The fourth-order valence-electron chi connectivity index (χ4n) is 2.43. The molecule has 0 aliphatic carbocycles. The van der Waals surface area contributed by atoms with E-state index in [1.165, 1.54) is 11.1 Å². The molecule has 0 saturated carbocycles. The summed E-state index contributed by atoms with van der Waals surface area (Å²) in [7, 11) is 2.02. The number of halogens is 1. The van der Waals surface area contributed by atoms with Gasteiger partial charge in [-0.05, 0) is 37.1 Å². The van der Waals surface area contributed by atoms with Crippen molar-refractivity contribution >= 4 is 15.9 Å². The van der Waals surface area contributed by atoms with Gasteiger partial charge in [-0.3, -0.25) is 0 Å². The van der Waals surface area contributed by atoms with Gasteiger partial charge < -0.3 is 10.1 Å². The molecular weight excluding hydrogens is 278 g/mol. The molecule has 3 heteroatoms. The monoisotopic (exact) mass is 297 g/mol. The largest absolute Gasteiger partial charge is 0.493 e. The predicted molar refractivity (Wildman–Crippen MR) is 74.6 cm³/mol. The van der Waals surface area contributed by atoms with Crippen LogP contribution >= 0.6 is 15.9 Å². The second kappa shape index (κ2) is 5.40. The lowest BCUT2D eigenvalue weighted by atomic mass is 9.95. The Morgan fingerprint density at radius 3 is 2.82 bits per heavy atom. The van der Waals surface area contributed by atoms with Crippen molar-refractivity contribution in [1.82, 2.24) is 5.32 Å². The SMILES string of the molecule is CNC(CC(C)C)c1cc(Br)cc2c1OCC2. The Bertz CT molecular complexity index is 403. The first-order chi connectivity index (χ1) is 8.11. The molecule has 0 bridgehead atoms. The Balaban J connectivity index is 2.36. The molecule has 0 radical (unpaired) electrons. The van der Waals surface area contributed by atoms with Crippen molar-refractivity contribution in [2.45, 2.75) is 32.7 Å². The van der Waals surface area contributed by atoms with Gasteiger partial charge in [0.15, 0.2) is 0 Å². The minimum absolute atomic E-state index is 0.374. The second-order valence-corrected chi connectivity index (χ2v) is 5.97. The summed E-state index contributed by atoms with van der Waals surface area (Å²) < 4.78 is 6.94. The summed E-state index contributed by atoms with van der Waals surface area (Å²) in [5.74, 6) is 1.77. The first kappa shape index (κ1) is 12.9. The molecule has 0 fully saturated rings. The highest BCUT2D eigenvalue weighted by Crippen LogP contribution is 2.38. The smallest absolute Gasteiger partial charge is 0.127 e. The zero-order chi connectivity index (χ0) is 12.4. The van der Waals surface area contributed by atoms with E-state index in [0.29, 0.717) is 12.0 Å². The maximum absolute atomic E-state index is 5.79. The van der Waals surface area contributed by atoms with Crippen LogP contribution in [0.25, 0.3) is 0 Å². The fourth-order valence-corrected chi connectivity index (χ4v) is 2.95. The minimum atomic E-state index is 0.374. The van der Waals surface area contributed by atoms with Crippen LogP contribution in [-0.2, 0) is 6.42 Å². The first-order valence-electron chi connectivity index (χ1n) is 6.24. The van der Waals surface area contributed by atoms with Crippen LogP contribution in [0.2, 0.25) is 0 Å². The lowest BCUT2D eigenvalue weighted by Crippen LogP contribution is -2.19. The van der Waals surface area contributed by atoms with E-state index in [-0.39, 0.29) is 0 Å². The molecule has 1 aliphatic heterocycles. The van der Waals surface area contributed by atoms with Crippen molar-refractivity contribution in [2.75, 3.05) is 13.7 Å². The van der Waals surface area contributed by atoms with Gasteiger partial charge in [0.25, 0.3) is 0 Å². The molecule has 2 nitrogen and oxygen atoms in total. The van der Waals surface area contributed by atoms with Gasteiger partial charge in [0, 0.05) is 22.5 Å². The third kappa shape index (κ3) is 2.83. The fraction of sp³-hybridized carbons (Fsp3) is 0.571. The molecule has 1 N–H and O–H groups in total. The molecule has 17 heavy (non-hydrogen) atoms. The average Bonchev–Trinajstić information content (AvgIpc) is 2.72. The van der Waals surface area contributed by atoms with Crippen molar-refractivity contribution in [1.29, 1.82) is 0 Å². The highest BCUT2D eigenvalue weighted by Gasteiger charge is 2.22. The molecule has 2 rings (SSSR count). The molecule has 1 aromatic carbocycles. The molecular formula is C14H20BrNO. The third-order valence-electron chi connectivity index (χ3n) is 3.21. The minimum Gasteiger partial charge on any atom is -0.493 e. The van der Waals surface area contributed by atoms with Crippen molar-refractivity contribution in [3.8, 4) is 5.75 Å². The Morgan fingerprint density at radius 1 is 1.41 bits per heavy atom. The zero-order valence-corrected chi connectivity index (χ0v) is 12.3. The maximum atomic E-state index is 5.79. The first-order valence-corrected chi connectivity index (χ1v) is 7.03. The molecule has 1 heterocycles. The Hall–Kier alpha value is -0.540. The molecule has 0 amide bonds. The number of hydrogen-bond donors (Lipinski definition) is 1. The lowest BCUT2D eigenvalue weighted by molar-refractivity contribution is 0.344. The van der Waals surface area contributed by atoms with Crippen LogP contribution in [0.1, 0.15) is 37.4 Å². The summed E-state index contributed by atoms with van der Waals surface area (Å²) in [5, 5.41) is 3.41. The molecule has 0 spiro atoms. The van der Waals surface area contributed by atoms with Gasteiger partial charge >= 0.3 is 0 Å². The zero-order valence-electron chi connectivity index (χ0n) is 10.7. The summed E-state index contributed by atoms with van der Waals surface area (Å²) in [6.07, 6.45) is 2.16. The van der Waals surface area contributed by atoms with Gasteiger partial charge in [0.1, 0.15) is 5.75 Å². The molecule has 1 aromatic rings. The quantitative estimate of drug-likeness (QED) is 0.915. The van der Waals surface area contributed by atoms with Gasteiger partial charge in [-0.2, -0.15) is 0 Å². The summed E-state index contributed by atoms with van der Waals surface area (Å²) >= 11 is 3.60. The Morgan fingerprint density at radius 2 is 2.18 bits per heavy atom. The van der Waals surface area contributed by atoms with Crippen LogP contribution in [0.4, 0.5) is 0 Å². The van der Waals surface area contributed by atoms with E-state index < -0.39 is 0 Å². The molecule has 1 aliphatic rings. The molecule has 0 saturated heterocycles. The number of ether oxygens (including phenoxy) is 1. The van der Waals surface area contributed by atoms with E-state index >= 15 is 0 Å². The molecule has 0 aromatic heterocycles. The van der Waals surface area contributed by atoms with Crippen LogP contribution in [0.3, 0.4) is 0 Å². The van der Waals surface area contributed by atoms with Crippen LogP contribution in [-0.4, -0.2) is 13.7 Å². The number of benzene rings is 1. The van der Waals surface area contributed by atoms with Crippen LogP contribution in [0, 0.1) is 5.92 Å². The van der Waals surface area contributed by atoms with Crippen LogP contribution in [0.5, 0.6) is 5.75 Å². The van der Waals surface area contributed by atoms with Crippen LogP contribution in [0.15, 0.2) is 16.6 Å². The summed E-state index contributed by atoms with van der Waals surface area (Å²) in [6.45, 7) is 5.32.